The fourth-order valence-corrected chi connectivity index (χ4v) is 3.30. The van der Waals surface area contributed by atoms with Crippen LogP contribution in [0.1, 0.15) is 37.3 Å². The first-order chi connectivity index (χ1) is 10.2. The summed E-state index contributed by atoms with van der Waals surface area (Å²) in [6.45, 7) is 8.12. The van der Waals surface area contributed by atoms with Gasteiger partial charge in [-0.15, -0.1) is 0 Å². The van der Waals surface area contributed by atoms with Crippen molar-refractivity contribution in [2.75, 3.05) is 18.9 Å². The highest BCUT2D eigenvalue weighted by molar-refractivity contribution is 7.91. The van der Waals surface area contributed by atoms with Gasteiger partial charge in [0.05, 0.1) is 17.6 Å². The summed E-state index contributed by atoms with van der Waals surface area (Å²) in [5.74, 6) is -0.816. The first-order valence-electron chi connectivity index (χ1n) is 7.21. The largest absolute Gasteiger partial charge is 0.379 e. The first-order valence-corrected chi connectivity index (χ1v) is 9.04. The van der Waals surface area contributed by atoms with E-state index >= 15 is 0 Å². The molecule has 1 heterocycles. The molecule has 0 aliphatic heterocycles. The van der Waals surface area contributed by atoms with E-state index in [1.54, 1.807) is 13.8 Å². The van der Waals surface area contributed by atoms with Crippen molar-refractivity contribution in [1.29, 1.82) is 0 Å². The zero-order chi connectivity index (χ0) is 16.8. The molecule has 0 fully saturated rings. The Kier molecular flexibility index (Phi) is 7.02. The molecule has 0 spiro atoms. The maximum atomic E-state index is 12.0. The van der Waals surface area contributed by atoms with Crippen molar-refractivity contribution in [1.82, 2.24) is 10.5 Å². The average Bonchev–Trinajstić information content (AvgIpc) is 2.68. The summed E-state index contributed by atoms with van der Waals surface area (Å²) in [6.07, 6.45) is 0.791. The van der Waals surface area contributed by atoms with E-state index in [2.05, 4.69) is 10.5 Å². The second-order valence-electron chi connectivity index (χ2n) is 5.46. The highest BCUT2D eigenvalue weighted by Crippen LogP contribution is 2.16. The number of aryl methyl sites for hydroxylation is 2. The van der Waals surface area contributed by atoms with E-state index in [-0.39, 0.29) is 11.9 Å². The minimum atomic E-state index is -3.55. The minimum absolute atomic E-state index is 0.145. The van der Waals surface area contributed by atoms with Gasteiger partial charge in [-0.1, -0.05) is 5.16 Å². The molecule has 0 aliphatic carbocycles. The number of carbonyl (C=O) groups excluding carboxylic acids is 1. The van der Waals surface area contributed by atoms with Crippen LogP contribution in [0.25, 0.3) is 0 Å². The van der Waals surface area contributed by atoms with Crippen LogP contribution < -0.4 is 5.32 Å². The van der Waals surface area contributed by atoms with Crippen molar-refractivity contribution in [3.8, 4) is 0 Å². The Morgan fingerprint density at radius 3 is 2.59 bits per heavy atom. The second kappa shape index (κ2) is 8.28. The van der Waals surface area contributed by atoms with E-state index in [9.17, 15) is 13.2 Å². The number of rotatable bonds is 9. The van der Waals surface area contributed by atoms with Crippen LogP contribution in [0.2, 0.25) is 0 Å². The third-order valence-electron chi connectivity index (χ3n) is 2.99. The predicted octanol–water partition coefficient (Wildman–Crippen LogP) is 1.14. The summed E-state index contributed by atoms with van der Waals surface area (Å²) < 4.78 is 34.3. The van der Waals surface area contributed by atoms with Gasteiger partial charge in [0.1, 0.15) is 11.5 Å². The molecule has 126 valence electrons. The van der Waals surface area contributed by atoms with Gasteiger partial charge >= 0.3 is 0 Å². The Labute approximate surface area is 131 Å². The molecule has 8 heteroatoms. The highest BCUT2D eigenvalue weighted by atomic mass is 32.2. The van der Waals surface area contributed by atoms with Crippen LogP contribution in [-0.2, 0) is 25.1 Å². The number of carbonyl (C=O) groups is 1. The third kappa shape index (κ3) is 6.57. The zero-order valence-corrected chi connectivity index (χ0v) is 14.3. The van der Waals surface area contributed by atoms with E-state index in [4.69, 9.17) is 9.26 Å². The molecule has 1 rings (SSSR count). The van der Waals surface area contributed by atoms with E-state index in [1.165, 1.54) is 0 Å². The minimum Gasteiger partial charge on any atom is -0.379 e. The van der Waals surface area contributed by atoms with Crippen LogP contribution in [-0.4, -0.2) is 44.5 Å². The Morgan fingerprint density at radius 1 is 1.36 bits per heavy atom. The van der Waals surface area contributed by atoms with Gasteiger partial charge in [-0.25, -0.2) is 8.42 Å². The standard InChI is InChI=1S/C14H24N2O5S/c1-10(2)20-7-5-6-15-14(17)9-22(18,19)8-13-11(3)16-21-12(13)4/h10H,5-9H2,1-4H3,(H,15,17). The van der Waals surface area contributed by atoms with Crippen molar-refractivity contribution in [3.05, 3.63) is 17.0 Å². The van der Waals surface area contributed by atoms with Crippen molar-refractivity contribution in [3.63, 3.8) is 0 Å². The fourth-order valence-electron chi connectivity index (χ4n) is 1.85. The van der Waals surface area contributed by atoms with E-state index in [1.807, 2.05) is 13.8 Å². The molecule has 7 nitrogen and oxygen atoms in total. The summed E-state index contributed by atoms with van der Waals surface area (Å²) in [7, 11) is -3.55. The average molecular weight is 332 g/mol. The molecule has 0 bridgehead atoms. The molecule has 0 saturated carbocycles. The Hall–Kier alpha value is -1.41. The number of sulfone groups is 1. The Morgan fingerprint density at radius 2 is 2.05 bits per heavy atom. The molecule has 1 aromatic rings. The molecule has 0 aliphatic rings. The zero-order valence-electron chi connectivity index (χ0n) is 13.5. The number of aromatic nitrogens is 1. The van der Waals surface area contributed by atoms with Crippen molar-refractivity contribution < 1.29 is 22.5 Å². The lowest BCUT2D eigenvalue weighted by Gasteiger charge is -2.08. The summed E-state index contributed by atoms with van der Waals surface area (Å²) in [6, 6.07) is 0. The normalized spacial score (nSPS) is 11.9. The summed E-state index contributed by atoms with van der Waals surface area (Å²) in [4.78, 5) is 11.7. The van der Waals surface area contributed by atoms with Gasteiger partial charge in [0.2, 0.25) is 5.91 Å². The number of nitrogens with zero attached hydrogens (tertiary/aromatic N) is 1. The molecular formula is C14H24N2O5S. The maximum Gasteiger partial charge on any atom is 0.235 e. The molecule has 0 radical (unpaired) electrons. The molecule has 1 aromatic heterocycles. The SMILES string of the molecule is Cc1noc(C)c1CS(=O)(=O)CC(=O)NCCCOC(C)C. The summed E-state index contributed by atoms with van der Waals surface area (Å²) in [5.41, 5.74) is 1.06. The van der Waals surface area contributed by atoms with Crippen molar-refractivity contribution in [2.24, 2.45) is 0 Å². The monoisotopic (exact) mass is 332 g/mol. The van der Waals surface area contributed by atoms with Gasteiger partial charge in [-0.05, 0) is 34.1 Å². The lowest BCUT2D eigenvalue weighted by Crippen LogP contribution is -2.32. The van der Waals surface area contributed by atoms with Gasteiger partial charge in [-0.3, -0.25) is 4.79 Å². The van der Waals surface area contributed by atoms with Crippen LogP contribution in [0.5, 0.6) is 0 Å². The molecule has 0 saturated heterocycles. The first kappa shape index (κ1) is 18.6. The second-order valence-corrected chi connectivity index (χ2v) is 7.52. The third-order valence-corrected chi connectivity index (χ3v) is 4.42. The molecule has 1 N–H and O–H groups in total. The molecule has 22 heavy (non-hydrogen) atoms. The fraction of sp³-hybridized carbons (Fsp3) is 0.714. The highest BCUT2D eigenvalue weighted by Gasteiger charge is 2.21. The number of ether oxygens (including phenoxy) is 1. The van der Waals surface area contributed by atoms with Crippen LogP contribution in [0, 0.1) is 13.8 Å². The van der Waals surface area contributed by atoms with Crippen LogP contribution >= 0.6 is 0 Å². The predicted molar refractivity (Wildman–Crippen MR) is 82.2 cm³/mol. The number of nitrogens with one attached hydrogen (secondary N) is 1. The van der Waals surface area contributed by atoms with Crippen LogP contribution in [0.3, 0.4) is 0 Å². The van der Waals surface area contributed by atoms with Crippen molar-refractivity contribution >= 4 is 15.7 Å². The topological polar surface area (TPSA) is 98.5 Å². The number of hydrogen-bond donors (Lipinski definition) is 1. The van der Waals surface area contributed by atoms with Gasteiger partial charge in [0, 0.05) is 18.7 Å². The quantitative estimate of drug-likeness (QED) is 0.681. The smallest absolute Gasteiger partial charge is 0.235 e. The van der Waals surface area contributed by atoms with Crippen LogP contribution in [0.15, 0.2) is 4.52 Å². The molecule has 0 atom stereocenters. The Balaban J connectivity index is 2.39. The van der Waals surface area contributed by atoms with Gasteiger partial charge in [-0.2, -0.15) is 0 Å². The number of hydrogen-bond acceptors (Lipinski definition) is 6. The lowest BCUT2D eigenvalue weighted by atomic mass is 10.2. The van der Waals surface area contributed by atoms with Gasteiger partial charge in [0.25, 0.3) is 0 Å². The van der Waals surface area contributed by atoms with E-state index in [0.29, 0.717) is 36.6 Å². The summed E-state index contributed by atoms with van der Waals surface area (Å²) in [5, 5.41) is 6.29. The van der Waals surface area contributed by atoms with Crippen molar-refractivity contribution in [2.45, 2.75) is 46.0 Å². The van der Waals surface area contributed by atoms with E-state index in [0.717, 1.165) is 0 Å². The number of amides is 1. The molecular weight excluding hydrogens is 308 g/mol. The lowest BCUT2D eigenvalue weighted by molar-refractivity contribution is -0.118. The maximum absolute atomic E-state index is 12.0. The Bertz CT molecular complexity index is 573. The molecule has 0 unspecified atom stereocenters. The van der Waals surface area contributed by atoms with E-state index < -0.39 is 21.5 Å². The molecule has 1 amide bonds. The summed E-state index contributed by atoms with van der Waals surface area (Å²) >= 11 is 0. The van der Waals surface area contributed by atoms with Gasteiger partial charge in [0.15, 0.2) is 9.84 Å². The molecule has 0 aromatic carbocycles. The van der Waals surface area contributed by atoms with Crippen LogP contribution in [0.4, 0.5) is 0 Å². The van der Waals surface area contributed by atoms with Gasteiger partial charge < -0.3 is 14.6 Å².